The van der Waals surface area contributed by atoms with Gasteiger partial charge < -0.3 is 14.6 Å². The topological polar surface area (TPSA) is 51.6 Å². The molecular formula is C17H21NO3. The van der Waals surface area contributed by atoms with Crippen LogP contribution in [0.4, 0.5) is 0 Å². The van der Waals surface area contributed by atoms with Gasteiger partial charge in [0.25, 0.3) is 0 Å². The van der Waals surface area contributed by atoms with Crippen molar-refractivity contribution in [3.05, 3.63) is 53.3 Å². The number of aryl methyl sites for hydroxylation is 1. The van der Waals surface area contributed by atoms with Gasteiger partial charge in [0.15, 0.2) is 0 Å². The maximum atomic E-state index is 10.5. The van der Waals surface area contributed by atoms with Crippen molar-refractivity contribution in [1.82, 2.24) is 4.98 Å². The second-order valence-corrected chi connectivity index (χ2v) is 5.25. The van der Waals surface area contributed by atoms with Crippen molar-refractivity contribution < 1.29 is 14.6 Å². The third-order valence-corrected chi connectivity index (χ3v) is 3.17. The highest BCUT2D eigenvalue weighted by atomic mass is 16.5. The van der Waals surface area contributed by atoms with Gasteiger partial charge in [0.2, 0.25) is 0 Å². The van der Waals surface area contributed by atoms with Gasteiger partial charge in [0.1, 0.15) is 17.6 Å². The van der Waals surface area contributed by atoms with E-state index in [1.165, 1.54) is 0 Å². The molecule has 0 saturated heterocycles. The number of ether oxygens (including phenoxy) is 2. The van der Waals surface area contributed by atoms with Crippen molar-refractivity contribution in [2.45, 2.75) is 33.0 Å². The smallest absolute Gasteiger partial charge is 0.138 e. The van der Waals surface area contributed by atoms with Crippen LogP contribution in [0, 0.1) is 6.92 Å². The third-order valence-electron chi connectivity index (χ3n) is 3.17. The molecule has 0 bridgehead atoms. The number of aromatic nitrogens is 1. The van der Waals surface area contributed by atoms with E-state index in [-0.39, 0.29) is 6.10 Å². The summed E-state index contributed by atoms with van der Waals surface area (Å²) >= 11 is 0. The summed E-state index contributed by atoms with van der Waals surface area (Å²) in [6.45, 7) is 5.87. The standard InChI is InChI=1S/C17H21NO3/c1-11(2)21-15-7-14(9-18-10-15)17(19)13-6-5-12(3)16(8-13)20-4/h5-11,17,19H,1-4H3. The van der Waals surface area contributed by atoms with Crippen LogP contribution in [0.1, 0.15) is 36.6 Å². The molecule has 1 heterocycles. The molecule has 4 nitrogen and oxygen atoms in total. The Labute approximate surface area is 125 Å². The van der Waals surface area contributed by atoms with E-state index in [0.717, 1.165) is 16.9 Å². The molecule has 1 N–H and O–H groups in total. The Hall–Kier alpha value is -2.07. The van der Waals surface area contributed by atoms with Gasteiger partial charge in [-0.25, -0.2) is 0 Å². The fraction of sp³-hybridized carbons (Fsp3) is 0.353. The number of benzene rings is 1. The fourth-order valence-electron chi connectivity index (χ4n) is 2.12. The highest BCUT2D eigenvalue weighted by Crippen LogP contribution is 2.28. The molecular weight excluding hydrogens is 266 g/mol. The van der Waals surface area contributed by atoms with Gasteiger partial charge in [-0.3, -0.25) is 4.98 Å². The molecule has 0 aliphatic carbocycles. The predicted octanol–water partition coefficient (Wildman–Crippen LogP) is 3.27. The van der Waals surface area contributed by atoms with Gasteiger partial charge in [-0.05, 0) is 44.0 Å². The van der Waals surface area contributed by atoms with Crippen molar-refractivity contribution in [3.8, 4) is 11.5 Å². The molecule has 21 heavy (non-hydrogen) atoms. The zero-order valence-electron chi connectivity index (χ0n) is 12.8. The molecule has 0 spiro atoms. The predicted molar refractivity (Wildman–Crippen MR) is 81.8 cm³/mol. The van der Waals surface area contributed by atoms with Gasteiger partial charge in [0, 0.05) is 11.8 Å². The Morgan fingerprint density at radius 3 is 2.52 bits per heavy atom. The number of hydrogen-bond acceptors (Lipinski definition) is 4. The molecule has 0 saturated carbocycles. The van der Waals surface area contributed by atoms with Crippen molar-refractivity contribution in [3.63, 3.8) is 0 Å². The number of hydrogen-bond donors (Lipinski definition) is 1. The van der Waals surface area contributed by atoms with Crippen LogP contribution in [0.2, 0.25) is 0 Å². The van der Waals surface area contributed by atoms with E-state index in [1.54, 1.807) is 19.5 Å². The maximum Gasteiger partial charge on any atom is 0.138 e. The molecule has 2 rings (SSSR count). The second-order valence-electron chi connectivity index (χ2n) is 5.25. The van der Waals surface area contributed by atoms with E-state index in [2.05, 4.69) is 4.98 Å². The summed E-state index contributed by atoms with van der Waals surface area (Å²) in [5.41, 5.74) is 2.49. The van der Waals surface area contributed by atoms with Crippen LogP contribution in [-0.2, 0) is 0 Å². The quantitative estimate of drug-likeness (QED) is 0.917. The van der Waals surface area contributed by atoms with Crippen LogP contribution in [0.25, 0.3) is 0 Å². The minimum absolute atomic E-state index is 0.0682. The van der Waals surface area contributed by atoms with Gasteiger partial charge in [-0.2, -0.15) is 0 Å². The average molecular weight is 287 g/mol. The molecule has 0 amide bonds. The van der Waals surface area contributed by atoms with Crippen molar-refractivity contribution in [2.24, 2.45) is 0 Å². The summed E-state index contributed by atoms with van der Waals surface area (Å²) in [6.07, 6.45) is 2.59. The molecule has 4 heteroatoms. The SMILES string of the molecule is COc1cc(C(O)c2cncc(OC(C)C)c2)ccc1C. The monoisotopic (exact) mass is 287 g/mol. The van der Waals surface area contributed by atoms with Crippen molar-refractivity contribution in [2.75, 3.05) is 7.11 Å². The van der Waals surface area contributed by atoms with Gasteiger partial charge >= 0.3 is 0 Å². The normalized spacial score (nSPS) is 12.3. The molecule has 1 aromatic heterocycles. The first-order valence-corrected chi connectivity index (χ1v) is 6.95. The largest absolute Gasteiger partial charge is 0.496 e. The number of rotatable bonds is 5. The minimum Gasteiger partial charge on any atom is -0.496 e. The van der Waals surface area contributed by atoms with E-state index in [4.69, 9.17) is 9.47 Å². The molecule has 1 atom stereocenters. The number of aliphatic hydroxyl groups excluding tert-OH is 1. The van der Waals surface area contributed by atoms with E-state index >= 15 is 0 Å². The molecule has 1 unspecified atom stereocenters. The minimum atomic E-state index is -0.761. The van der Waals surface area contributed by atoms with Crippen LogP contribution in [0.5, 0.6) is 11.5 Å². The van der Waals surface area contributed by atoms with Crippen LogP contribution < -0.4 is 9.47 Å². The molecule has 2 aromatic rings. The Balaban J connectivity index is 2.29. The van der Waals surface area contributed by atoms with Gasteiger partial charge in [0.05, 0.1) is 19.4 Å². The summed E-state index contributed by atoms with van der Waals surface area (Å²) in [5.74, 6) is 1.41. The zero-order chi connectivity index (χ0) is 15.4. The van der Waals surface area contributed by atoms with Gasteiger partial charge in [-0.15, -0.1) is 0 Å². The summed E-state index contributed by atoms with van der Waals surface area (Å²) in [6, 6.07) is 7.47. The summed E-state index contributed by atoms with van der Waals surface area (Å²) in [5, 5.41) is 10.5. The van der Waals surface area contributed by atoms with Crippen LogP contribution in [-0.4, -0.2) is 23.3 Å². The molecule has 112 valence electrons. The van der Waals surface area contributed by atoms with Gasteiger partial charge in [-0.1, -0.05) is 12.1 Å². The maximum absolute atomic E-state index is 10.5. The van der Waals surface area contributed by atoms with E-state index in [9.17, 15) is 5.11 Å². The average Bonchev–Trinajstić information content (AvgIpc) is 2.46. The van der Waals surface area contributed by atoms with E-state index in [1.807, 2.05) is 45.0 Å². The summed E-state index contributed by atoms with van der Waals surface area (Å²) in [7, 11) is 1.62. The molecule has 0 fully saturated rings. The lowest BCUT2D eigenvalue weighted by atomic mass is 10.0. The van der Waals surface area contributed by atoms with Crippen molar-refractivity contribution >= 4 is 0 Å². The first-order chi connectivity index (χ1) is 10.0. The number of nitrogens with zero attached hydrogens (tertiary/aromatic N) is 1. The molecule has 0 aliphatic rings. The first kappa shape index (κ1) is 15.3. The fourth-order valence-corrected chi connectivity index (χ4v) is 2.12. The summed E-state index contributed by atoms with van der Waals surface area (Å²) in [4.78, 5) is 4.13. The molecule has 1 aromatic carbocycles. The van der Waals surface area contributed by atoms with E-state index < -0.39 is 6.10 Å². The lowest BCUT2D eigenvalue weighted by Gasteiger charge is -2.15. The third kappa shape index (κ3) is 3.73. The Morgan fingerprint density at radius 2 is 1.86 bits per heavy atom. The molecule has 0 aliphatic heterocycles. The highest BCUT2D eigenvalue weighted by Gasteiger charge is 2.14. The number of pyridine rings is 1. The molecule has 0 radical (unpaired) electrons. The second kappa shape index (κ2) is 6.59. The lowest BCUT2D eigenvalue weighted by Crippen LogP contribution is -2.07. The van der Waals surface area contributed by atoms with Crippen LogP contribution >= 0.6 is 0 Å². The number of aliphatic hydroxyl groups is 1. The first-order valence-electron chi connectivity index (χ1n) is 6.95. The highest BCUT2D eigenvalue weighted by molar-refractivity contribution is 5.40. The van der Waals surface area contributed by atoms with E-state index in [0.29, 0.717) is 11.3 Å². The Morgan fingerprint density at radius 1 is 1.10 bits per heavy atom. The Bertz CT molecular complexity index is 611. The van der Waals surface area contributed by atoms with Crippen LogP contribution in [0.15, 0.2) is 36.7 Å². The summed E-state index contributed by atoms with van der Waals surface area (Å²) < 4.78 is 10.9. The van der Waals surface area contributed by atoms with Crippen molar-refractivity contribution in [1.29, 1.82) is 0 Å². The lowest BCUT2D eigenvalue weighted by molar-refractivity contribution is 0.215. The Kier molecular flexibility index (Phi) is 4.81. The number of methoxy groups -OCH3 is 1. The van der Waals surface area contributed by atoms with Crippen LogP contribution in [0.3, 0.4) is 0 Å². The zero-order valence-corrected chi connectivity index (χ0v) is 12.8.